The Labute approximate surface area is 189 Å². The van der Waals surface area contributed by atoms with Crippen molar-refractivity contribution in [2.24, 2.45) is 4.99 Å². The molecule has 9 heteroatoms. The molecule has 0 radical (unpaired) electrons. The molecule has 2 aromatic rings. The Morgan fingerprint density at radius 3 is 2.63 bits per heavy atom. The highest BCUT2D eigenvalue weighted by Gasteiger charge is 2.50. The molecule has 0 spiro atoms. The van der Waals surface area contributed by atoms with Crippen LogP contribution in [0.25, 0.3) is 0 Å². The molecule has 156 valence electrons. The molecule has 2 fully saturated rings. The fraction of sp³-hybridized carbons (Fsp3) is 0.333. The molecule has 0 bridgehead atoms. The monoisotopic (exact) mass is 505 g/mol. The van der Waals surface area contributed by atoms with Crippen molar-refractivity contribution < 1.29 is 12.6 Å². The topological polar surface area (TPSA) is 71.0 Å². The van der Waals surface area contributed by atoms with Gasteiger partial charge in [-0.1, -0.05) is 40.2 Å². The molecule has 1 N–H and O–H groups in total. The van der Waals surface area contributed by atoms with Crippen molar-refractivity contribution in [3.05, 3.63) is 64.1 Å². The van der Waals surface area contributed by atoms with Gasteiger partial charge >= 0.3 is 10.1 Å². The van der Waals surface area contributed by atoms with Crippen molar-refractivity contribution in [2.75, 3.05) is 13.1 Å². The summed E-state index contributed by atoms with van der Waals surface area (Å²) in [6, 6.07) is 15.2. The Balaban J connectivity index is 1.59. The van der Waals surface area contributed by atoms with E-state index in [1.165, 1.54) is 0 Å². The first-order valence-corrected chi connectivity index (χ1v) is 12.5. The fourth-order valence-corrected chi connectivity index (χ4v) is 5.98. The first kappa shape index (κ1) is 20.0. The van der Waals surface area contributed by atoms with Crippen molar-refractivity contribution in [1.29, 1.82) is 0 Å². The minimum Gasteiger partial charge on any atom is -0.382 e. The van der Waals surface area contributed by atoms with Crippen LogP contribution < -0.4 is 9.50 Å². The van der Waals surface area contributed by atoms with Gasteiger partial charge in [0.15, 0.2) is 5.11 Å². The molecular weight excluding hydrogens is 486 g/mol. The molecule has 2 aromatic carbocycles. The van der Waals surface area contributed by atoms with Gasteiger partial charge in [0.1, 0.15) is 17.1 Å². The summed E-state index contributed by atoms with van der Waals surface area (Å²) in [4.78, 5) is 6.90. The molecule has 1 atom stereocenters. The lowest BCUT2D eigenvalue weighted by atomic mass is 9.82. The minimum absolute atomic E-state index is 0.318. The number of hydrogen-bond donors (Lipinski definition) is 1. The van der Waals surface area contributed by atoms with Crippen LogP contribution in [0.15, 0.2) is 58.0 Å². The predicted octanol–water partition coefficient (Wildman–Crippen LogP) is 3.56. The van der Waals surface area contributed by atoms with Gasteiger partial charge in [0.2, 0.25) is 0 Å². The van der Waals surface area contributed by atoms with Crippen LogP contribution in [0.4, 0.5) is 0 Å². The summed E-state index contributed by atoms with van der Waals surface area (Å²) >= 11 is 9.22. The maximum absolute atomic E-state index is 12.2. The molecule has 0 aromatic heterocycles. The van der Waals surface area contributed by atoms with E-state index in [0.29, 0.717) is 23.7 Å². The summed E-state index contributed by atoms with van der Waals surface area (Å²) in [5, 5.41) is 3.78. The number of thiocarbonyl (C=S) groups is 1. The standard InChI is InChI=1S/C21H20BrN3O3S2/c22-16-4-1-3-15(13-16)21(19-23-11-2-12-25(19)20(29)24-21)14-5-7-17(8-6-14)28-30(26,27)18-9-10-18/h1,3-8,13,18H,2,9-12H2,(H,24,29). The molecule has 30 heavy (non-hydrogen) atoms. The van der Waals surface area contributed by atoms with Crippen LogP contribution in [0, 0.1) is 0 Å². The number of halogens is 1. The van der Waals surface area contributed by atoms with Crippen molar-refractivity contribution >= 4 is 49.2 Å². The van der Waals surface area contributed by atoms with Gasteiger partial charge in [0.05, 0.1) is 5.25 Å². The molecule has 1 saturated carbocycles. The molecule has 1 saturated heterocycles. The molecule has 0 amide bonds. The number of nitrogens with one attached hydrogen (secondary N) is 1. The quantitative estimate of drug-likeness (QED) is 0.494. The molecule has 2 aliphatic heterocycles. The molecule has 2 heterocycles. The molecule has 1 unspecified atom stereocenters. The fourth-order valence-electron chi connectivity index (χ4n) is 4.02. The Kier molecular flexibility index (Phi) is 4.87. The number of nitrogens with zero attached hydrogens (tertiary/aromatic N) is 2. The third-order valence-electron chi connectivity index (χ3n) is 5.62. The zero-order valence-electron chi connectivity index (χ0n) is 16.0. The highest BCUT2D eigenvalue weighted by Crippen LogP contribution is 2.40. The van der Waals surface area contributed by atoms with Crippen LogP contribution in [-0.4, -0.2) is 42.6 Å². The Morgan fingerprint density at radius 1 is 1.17 bits per heavy atom. The van der Waals surface area contributed by atoms with Crippen LogP contribution in [0.1, 0.15) is 30.4 Å². The predicted molar refractivity (Wildman–Crippen MR) is 123 cm³/mol. The van der Waals surface area contributed by atoms with Gasteiger partial charge in [-0.15, -0.1) is 0 Å². The number of rotatable bonds is 5. The largest absolute Gasteiger partial charge is 0.382 e. The van der Waals surface area contributed by atoms with E-state index in [4.69, 9.17) is 21.4 Å². The van der Waals surface area contributed by atoms with E-state index in [9.17, 15) is 8.42 Å². The van der Waals surface area contributed by atoms with Gasteiger partial charge in [0.25, 0.3) is 0 Å². The third-order valence-corrected chi connectivity index (χ3v) is 8.15. The summed E-state index contributed by atoms with van der Waals surface area (Å²) < 4.78 is 30.6. The molecule has 3 aliphatic rings. The molecule has 1 aliphatic carbocycles. The van der Waals surface area contributed by atoms with Crippen molar-refractivity contribution in [3.8, 4) is 5.75 Å². The van der Waals surface area contributed by atoms with Gasteiger partial charge in [-0.25, -0.2) is 0 Å². The Hall–Kier alpha value is -1.97. The first-order chi connectivity index (χ1) is 14.4. The van der Waals surface area contributed by atoms with Crippen LogP contribution in [-0.2, 0) is 15.7 Å². The second-order valence-corrected chi connectivity index (χ2v) is 10.8. The van der Waals surface area contributed by atoms with E-state index in [0.717, 1.165) is 40.9 Å². The van der Waals surface area contributed by atoms with Crippen LogP contribution in [0.5, 0.6) is 5.75 Å². The van der Waals surface area contributed by atoms with E-state index in [1.54, 1.807) is 12.1 Å². The van der Waals surface area contributed by atoms with E-state index in [-0.39, 0.29) is 5.25 Å². The molecule has 5 rings (SSSR count). The smallest absolute Gasteiger partial charge is 0.312 e. The minimum atomic E-state index is -3.55. The Morgan fingerprint density at radius 2 is 1.93 bits per heavy atom. The zero-order valence-corrected chi connectivity index (χ0v) is 19.3. The van der Waals surface area contributed by atoms with Gasteiger partial charge in [-0.05, 0) is 66.9 Å². The molecular formula is C21H20BrN3O3S2. The highest BCUT2D eigenvalue weighted by atomic mass is 79.9. The maximum Gasteiger partial charge on any atom is 0.312 e. The lowest BCUT2D eigenvalue weighted by molar-refractivity contribution is 0.484. The van der Waals surface area contributed by atoms with Gasteiger partial charge in [-0.3, -0.25) is 4.99 Å². The van der Waals surface area contributed by atoms with Crippen LogP contribution in [0.3, 0.4) is 0 Å². The van der Waals surface area contributed by atoms with E-state index < -0.39 is 15.7 Å². The number of amidine groups is 1. The number of fused-ring (bicyclic) bond motifs is 1. The van der Waals surface area contributed by atoms with E-state index in [2.05, 4.69) is 32.2 Å². The van der Waals surface area contributed by atoms with Crippen molar-refractivity contribution in [2.45, 2.75) is 30.1 Å². The van der Waals surface area contributed by atoms with E-state index in [1.807, 2.05) is 30.3 Å². The highest BCUT2D eigenvalue weighted by molar-refractivity contribution is 9.10. The number of benzene rings is 2. The van der Waals surface area contributed by atoms with Crippen molar-refractivity contribution in [3.63, 3.8) is 0 Å². The second-order valence-electron chi connectivity index (χ2n) is 7.70. The van der Waals surface area contributed by atoms with Gasteiger partial charge < -0.3 is 14.4 Å². The number of aliphatic imine (C=N–C) groups is 1. The summed E-state index contributed by atoms with van der Waals surface area (Å²) in [5.41, 5.74) is 1.18. The summed E-state index contributed by atoms with van der Waals surface area (Å²) in [6.07, 6.45) is 2.29. The average Bonchev–Trinajstić information content (AvgIpc) is 3.55. The summed E-state index contributed by atoms with van der Waals surface area (Å²) in [5.74, 6) is 1.19. The summed E-state index contributed by atoms with van der Waals surface area (Å²) in [6.45, 7) is 1.56. The van der Waals surface area contributed by atoms with Crippen LogP contribution >= 0.6 is 28.1 Å². The van der Waals surface area contributed by atoms with Gasteiger partial charge in [0, 0.05) is 17.6 Å². The SMILES string of the molecule is O=S(=O)(Oc1ccc(C2(c3cccc(Br)c3)NC(=S)N3CCCN=C32)cc1)C1CC1. The van der Waals surface area contributed by atoms with Gasteiger partial charge in [-0.2, -0.15) is 8.42 Å². The second kappa shape index (κ2) is 7.32. The number of hydrogen-bond acceptors (Lipinski definition) is 5. The maximum atomic E-state index is 12.2. The first-order valence-electron chi connectivity index (χ1n) is 9.85. The average molecular weight is 506 g/mol. The molecule has 6 nitrogen and oxygen atoms in total. The summed E-state index contributed by atoms with van der Waals surface area (Å²) in [7, 11) is -3.55. The lowest BCUT2D eigenvalue weighted by Crippen LogP contribution is -2.46. The lowest BCUT2D eigenvalue weighted by Gasteiger charge is -2.33. The third kappa shape index (κ3) is 3.33. The zero-order chi connectivity index (χ0) is 20.9. The normalized spacial score (nSPS) is 23.6. The Bertz CT molecular complexity index is 1150. The van der Waals surface area contributed by atoms with Crippen molar-refractivity contribution in [1.82, 2.24) is 10.2 Å². The van der Waals surface area contributed by atoms with Crippen LogP contribution in [0.2, 0.25) is 0 Å². The van der Waals surface area contributed by atoms with E-state index >= 15 is 0 Å².